The third kappa shape index (κ3) is 4.78. The van der Waals surface area contributed by atoms with Crippen LogP contribution in [0, 0.1) is 11.8 Å². The summed E-state index contributed by atoms with van der Waals surface area (Å²) in [5.41, 5.74) is 1.40. The molecule has 1 aromatic heterocycles. The molecule has 0 bridgehead atoms. The predicted octanol–water partition coefficient (Wildman–Crippen LogP) is 3.39. The summed E-state index contributed by atoms with van der Waals surface area (Å²) in [6.45, 7) is 0. The second-order valence-corrected chi connectivity index (χ2v) is 8.61. The zero-order valence-corrected chi connectivity index (χ0v) is 16.4. The van der Waals surface area contributed by atoms with Crippen LogP contribution in [0.2, 0.25) is 0 Å². The SMILES string of the molecule is COC(=O)CSc1nc2ccc(NC(=O)[C@@H]3CCCC[C@@H]3C(=O)O)cc2s1. The first-order valence-electron chi connectivity index (χ1n) is 8.62. The number of amides is 1. The number of nitrogens with one attached hydrogen (secondary N) is 1. The van der Waals surface area contributed by atoms with Gasteiger partial charge in [-0.25, -0.2) is 4.98 Å². The first-order chi connectivity index (χ1) is 13.0. The number of methoxy groups -OCH3 is 1. The number of aliphatic carboxylic acids is 1. The average molecular weight is 409 g/mol. The first-order valence-corrected chi connectivity index (χ1v) is 10.4. The fourth-order valence-corrected chi connectivity index (χ4v) is 5.14. The molecule has 0 radical (unpaired) electrons. The van der Waals surface area contributed by atoms with Crippen molar-refractivity contribution >= 4 is 56.8 Å². The third-order valence-electron chi connectivity index (χ3n) is 4.60. The molecular formula is C18H20N2O5S2. The highest BCUT2D eigenvalue weighted by molar-refractivity contribution is 8.01. The number of carbonyl (C=O) groups is 3. The van der Waals surface area contributed by atoms with Gasteiger partial charge in [-0.3, -0.25) is 14.4 Å². The van der Waals surface area contributed by atoms with Crippen molar-refractivity contribution in [1.29, 1.82) is 0 Å². The summed E-state index contributed by atoms with van der Waals surface area (Å²) >= 11 is 2.74. The van der Waals surface area contributed by atoms with E-state index < -0.39 is 17.8 Å². The molecule has 144 valence electrons. The van der Waals surface area contributed by atoms with Gasteiger partial charge < -0.3 is 15.2 Å². The molecule has 1 heterocycles. The minimum Gasteiger partial charge on any atom is -0.481 e. The molecule has 2 aromatic rings. The number of anilines is 1. The van der Waals surface area contributed by atoms with Crippen molar-refractivity contribution in [3.63, 3.8) is 0 Å². The highest BCUT2D eigenvalue weighted by Crippen LogP contribution is 2.33. The van der Waals surface area contributed by atoms with Gasteiger partial charge in [0.05, 0.1) is 34.9 Å². The maximum Gasteiger partial charge on any atom is 0.316 e. The lowest BCUT2D eigenvalue weighted by atomic mass is 9.78. The van der Waals surface area contributed by atoms with E-state index in [1.165, 1.54) is 30.2 Å². The summed E-state index contributed by atoms with van der Waals surface area (Å²) in [6, 6.07) is 5.39. The Balaban J connectivity index is 1.70. The van der Waals surface area contributed by atoms with Crippen molar-refractivity contribution in [2.24, 2.45) is 11.8 Å². The number of thiazole rings is 1. The molecule has 1 aromatic carbocycles. The standard InChI is InChI=1S/C18H20N2O5S2/c1-25-15(21)9-26-18-20-13-7-6-10(8-14(13)27-18)19-16(22)11-4-2-3-5-12(11)17(23)24/h6-8,11-12H,2-5,9H2,1H3,(H,19,22)(H,23,24)/t11-,12+/m1/s1. The van der Waals surface area contributed by atoms with Crippen LogP contribution in [0.4, 0.5) is 5.69 Å². The summed E-state index contributed by atoms with van der Waals surface area (Å²) in [7, 11) is 1.34. The Morgan fingerprint density at radius 1 is 1.30 bits per heavy atom. The molecule has 1 aliphatic carbocycles. The number of nitrogens with zero attached hydrogens (tertiary/aromatic N) is 1. The van der Waals surface area contributed by atoms with Gasteiger partial charge in [0.2, 0.25) is 5.91 Å². The molecule has 1 amide bonds. The number of carboxylic acids is 1. The molecule has 27 heavy (non-hydrogen) atoms. The van der Waals surface area contributed by atoms with Gasteiger partial charge in [-0.05, 0) is 31.0 Å². The number of aromatic nitrogens is 1. The molecule has 1 aliphatic rings. The maximum atomic E-state index is 12.6. The summed E-state index contributed by atoms with van der Waals surface area (Å²) in [4.78, 5) is 39.7. The highest BCUT2D eigenvalue weighted by atomic mass is 32.2. The van der Waals surface area contributed by atoms with Crippen LogP contribution in [-0.4, -0.2) is 40.8 Å². The number of esters is 1. The van der Waals surface area contributed by atoms with Crippen molar-refractivity contribution in [1.82, 2.24) is 4.98 Å². The number of carboxylic acid groups (broad SMARTS) is 1. The number of hydrogen-bond donors (Lipinski definition) is 2. The van der Waals surface area contributed by atoms with Gasteiger partial charge in [-0.1, -0.05) is 24.6 Å². The summed E-state index contributed by atoms with van der Waals surface area (Å²) in [5, 5.41) is 12.2. The van der Waals surface area contributed by atoms with E-state index in [-0.39, 0.29) is 17.6 Å². The summed E-state index contributed by atoms with van der Waals surface area (Å²) in [6.07, 6.45) is 2.86. The van der Waals surface area contributed by atoms with Crippen LogP contribution in [0.25, 0.3) is 10.2 Å². The van der Waals surface area contributed by atoms with Crippen LogP contribution in [0.15, 0.2) is 22.5 Å². The monoisotopic (exact) mass is 408 g/mol. The summed E-state index contributed by atoms with van der Waals surface area (Å²) in [5.74, 6) is -2.39. The van der Waals surface area contributed by atoms with E-state index in [4.69, 9.17) is 0 Å². The number of hydrogen-bond acceptors (Lipinski definition) is 7. The molecular weight excluding hydrogens is 388 g/mol. The number of thioether (sulfide) groups is 1. The molecule has 0 unspecified atom stereocenters. The molecule has 0 aliphatic heterocycles. The van der Waals surface area contributed by atoms with Crippen LogP contribution >= 0.6 is 23.1 Å². The second kappa shape index (κ2) is 8.71. The fraction of sp³-hybridized carbons (Fsp3) is 0.444. The summed E-state index contributed by atoms with van der Waals surface area (Å²) < 4.78 is 6.25. The Kier molecular flexibility index (Phi) is 6.33. The van der Waals surface area contributed by atoms with Crippen LogP contribution < -0.4 is 5.32 Å². The maximum absolute atomic E-state index is 12.6. The van der Waals surface area contributed by atoms with Crippen molar-refractivity contribution in [3.05, 3.63) is 18.2 Å². The molecule has 1 saturated carbocycles. The zero-order valence-electron chi connectivity index (χ0n) is 14.8. The van der Waals surface area contributed by atoms with Crippen molar-refractivity contribution in [3.8, 4) is 0 Å². The molecule has 2 atom stereocenters. The Hall–Kier alpha value is -2.13. The molecule has 0 saturated heterocycles. The molecule has 7 nitrogen and oxygen atoms in total. The van der Waals surface area contributed by atoms with E-state index in [0.717, 1.165) is 27.4 Å². The lowest BCUT2D eigenvalue weighted by Gasteiger charge is -2.27. The van der Waals surface area contributed by atoms with E-state index in [2.05, 4.69) is 15.0 Å². The quantitative estimate of drug-likeness (QED) is 0.557. The Labute approximate surface area is 164 Å². The van der Waals surface area contributed by atoms with Crippen LogP contribution in [-0.2, 0) is 19.1 Å². The minimum atomic E-state index is -0.903. The Bertz CT molecular complexity index is 867. The van der Waals surface area contributed by atoms with E-state index >= 15 is 0 Å². The lowest BCUT2D eigenvalue weighted by Crippen LogP contribution is -2.36. The first kappa shape index (κ1) is 19.6. The van der Waals surface area contributed by atoms with Gasteiger partial charge >= 0.3 is 11.9 Å². The Morgan fingerprint density at radius 2 is 2.04 bits per heavy atom. The van der Waals surface area contributed by atoms with Crippen molar-refractivity contribution in [2.45, 2.75) is 30.0 Å². The zero-order chi connectivity index (χ0) is 19.4. The van der Waals surface area contributed by atoms with Gasteiger partial charge in [-0.2, -0.15) is 0 Å². The largest absolute Gasteiger partial charge is 0.481 e. The minimum absolute atomic E-state index is 0.193. The topological polar surface area (TPSA) is 106 Å². The van der Waals surface area contributed by atoms with Gasteiger partial charge in [0.25, 0.3) is 0 Å². The second-order valence-electron chi connectivity index (χ2n) is 6.35. The van der Waals surface area contributed by atoms with Crippen LogP contribution in [0.5, 0.6) is 0 Å². The molecule has 2 N–H and O–H groups in total. The fourth-order valence-electron chi connectivity index (χ4n) is 3.20. The van der Waals surface area contributed by atoms with Gasteiger partial charge in [0.15, 0.2) is 4.34 Å². The molecule has 9 heteroatoms. The normalized spacial score (nSPS) is 19.6. The van der Waals surface area contributed by atoms with E-state index in [9.17, 15) is 19.5 Å². The van der Waals surface area contributed by atoms with Crippen LogP contribution in [0.1, 0.15) is 25.7 Å². The number of fused-ring (bicyclic) bond motifs is 1. The number of ether oxygens (including phenoxy) is 1. The van der Waals surface area contributed by atoms with Gasteiger partial charge in [0.1, 0.15) is 0 Å². The molecule has 1 fully saturated rings. The van der Waals surface area contributed by atoms with E-state index in [0.29, 0.717) is 18.5 Å². The Morgan fingerprint density at radius 3 is 2.74 bits per heavy atom. The smallest absolute Gasteiger partial charge is 0.316 e. The van der Waals surface area contributed by atoms with Crippen LogP contribution in [0.3, 0.4) is 0 Å². The highest BCUT2D eigenvalue weighted by Gasteiger charge is 2.35. The molecule has 0 spiro atoms. The van der Waals surface area contributed by atoms with Crippen molar-refractivity contribution < 1.29 is 24.2 Å². The number of rotatable bonds is 6. The van der Waals surface area contributed by atoms with E-state index in [1.807, 2.05) is 6.07 Å². The number of carbonyl (C=O) groups excluding carboxylic acids is 2. The number of benzene rings is 1. The third-order valence-corrected chi connectivity index (χ3v) is 6.73. The van der Waals surface area contributed by atoms with Gasteiger partial charge in [0, 0.05) is 5.69 Å². The molecule has 3 rings (SSSR count). The van der Waals surface area contributed by atoms with E-state index in [1.54, 1.807) is 12.1 Å². The lowest BCUT2D eigenvalue weighted by molar-refractivity contribution is -0.147. The van der Waals surface area contributed by atoms with Crippen molar-refractivity contribution in [2.75, 3.05) is 18.2 Å². The predicted molar refractivity (Wildman–Crippen MR) is 104 cm³/mol. The average Bonchev–Trinajstić information content (AvgIpc) is 3.08. The van der Waals surface area contributed by atoms with Gasteiger partial charge in [-0.15, -0.1) is 11.3 Å².